The van der Waals surface area contributed by atoms with Gasteiger partial charge >= 0.3 is 26.5 Å². The molecule has 0 N–H and O–H groups in total. The predicted molar refractivity (Wildman–Crippen MR) is 128 cm³/mol. The maximum atomic E-state index is 13.2. The summed E-state index contributed by atoms with van der Waals surface area (Å²) in [5.41, 5.74) is 0. The van der Waals surface area contributed by atoms with E-state index in [1.807, 2.05) is 0 Å². The topological polar surface area (TPSA) is 161 Å². The molecule has 0 radical (unpaired) electrons. The van der Waals surface area contributed by atoms with Crippen LogP contribution in [0.2, 0.25) is 0 Å². The van der Waals surface area contributed by atoms with Gasteiger partial charge in [0, 0.05) is 18.6 Å². The first-order valence-corrected chi connectivity index (χ1v) is 15.0. The molecule has 2 saturated heterocycles. The summed E-state index contributed by atoms with van der Waals surface area (Å²) in [4.78, 5) is 51.3. The first-order chi connectivity index (χ1) is 17.3. The fourth-order valence-electron chi connectivity index (χ4n) is 4.82. The summed E-state index contributed by atoms with van der Waals surface area (Å²) in [5.74, 6) is -8.71. The molecular weight excluding hydrogens is 664 g/mol. The Morgan fingerprint density at radius 2 is 1.30 bits per heavy atom. The van der Waals surface area contributed by atoms with Crippen molar-refractivity contribution in [2.24, 2.45) is 23.7 Å². The molecule has 0 aromatic heterocycles. The smallest absolute Gasteiger partial charge is 0.298 e. The molecule has 12 nitrogen and oxygen atoms in total. The lowest BCUT2D eigenvalue weighted by Crippen LogP contribution is -2.39. The summed E-state index contributed by atoms with van der Waals surface area (Å²) in [7, 11) is -9.08. The highest BCUT2D eigenvalue weighted by molar-refractivity contribution is 9.10. The largest absolute Gasteiger partial charge is 0.329 e. The highest BCUT2D eigenvalue weighted by Crippen LogP contribution is 2.50. The number of fused-ring (bicyclic) bond motifs is 3. The van der Waals surface area contributed by atoms with Gasteiger partial charge < -0.3 is 0 Å². The number of rotatable bonds is 6. The Morgan fingerprint density at radius 1 is 0.784 bits per heavy atom. The summed E-state index contributed by atoms with van der Waals surface area (Å²) in [6.07, 6.45) is -1.79. The van der Waals surface area contributed by atoms with Crippen molar-refractivity contribution in [3.8, 4) is 0 Å². The predicted octanol–water partition coefficient (Wildman–Crippen LogP) is 1.77. The van der Waals surface area contributed by atoms with Gasteiger partial charge in [-0.3, -0.25) is 14.4 Å². The molecule has 2 heterocycles. The number of halogens is 2. The van der Waals surface area contributed by atoms with Gasteiger partial charge in [-0.05, 0) is 48.5 Å². The molecule has 3 aliphatic rings. The Kier molecular flexibility index (Phi) is 6.48. The van der Waals surface area contributed by atoms with Crippen LogP contribution in [-0.2, 0) is 43.1 Å². The minimum Gasteiger partial charge on any atom is -0.298 e. The molecule has 5 rings (SSSR count). The third-order valence-corrected chi connectivity index (χ3v) is 10.0. The number of hydrogen-bond donors (Lipinski definition) is 0. The minimum atomic E-state index is -4.60. The van der Waals surface area contributed by atoms with Gasteiger partial charge in [0.1, 0.15) is 11.8 Å². The molecule has 2 aliphatic heterocycles. The van der Waals surface area contributed by atoms with E-state index in [1.165, 1.54) is 48.5 Å². The van der Waals surface area contributed by atoms with Gasteiger partial charge in [-0.2, -0.15) is 21.0 Å². The molecule has 1 saturated carbocycles. The zero-order chi connectivity index (χ0) is 26.9. The zero-order valence-electron chi connectivity index (χ0n) is 18.3. The standard InChI is InChI=1S/C21H15Br2N2O10S2/c22-10-1-5-12(6-2-10)36(30,31)34-21-16-14(9-24(21)29)15-17(18(16)26)20(28)25(19(15)27)35-37(32,33)13-7-3-11(23)4-8-13/h1-8,14-17,21H,9H2/q+1. The lowest BCUT2D eigenvalue weighted by atomic mass is 9.90. The second-order valence-electron chi connectivity index (χ2n) is 8.54. The number of nitroso groups, excluding NO2 is 1. The molecule has 3 fully saturated rings. The monoisotopic (exact) mass is 677 g/mol. The second kappa shape index (κ2) is 9.13. The molecule has 0 spiro atoms. The van der Waals surface area contributed by atoms with E-state index in [-0.39, 0.29) is 19.6 Å². The van der Waals surface area contributed by atoms with Crippen molar-refractivity contribution in [2.45, 2.75) is 16.0 Å². The van der Waals surface area contributed by atoms with E-state index < -0.39 is 74.3 Å². The highest BCUT2D eigenvalue weighted by atomic mass is 79.9. The number of Topliss-reactive ketones (excluding diaryl/α,β-unsaturated/α-hetero) is 1. The Hall–Kier alpha value is -2.37. The second-order valence-corrected chi connectivity index (χ2v) is 13.5. The number of imide groups is 1. The Balaban J connectivity index is 1.39. The van der Waals surface area contributed by atoms with E-state index in [1.54, 1.807) is 0 Å². The molecule has 5 atom stereocenters. The van der Waals surface area contributed by atoms with Gasteiger partial charge in [0.15, 0.2) is 12.3 Å². The summed E-state index contributed by atoms with van der Waals surface area (Å²) in [6.45, 7) is -0.482. The molecule has 2 amide bonds. The molecule has 2 aromatic rings. The van der Waals surface area contributed by atoms with E-state index in [4.69, 9.17) is 8.47 Å². The van der Waals surface area contributed by atoms with Gasteiger partial charge in [0.05, 0.1) is 21.6 Å². The number of carbonyl (C=O) groups is 3. The van der Waals surface area contributed by atoms with Crippen LogP contribution in [0.25, 0.3) is 0 Å². The Bertz CT molecular complexity index is 1560. The minimum absolute atomic E-state index is 0.0305. The highest BCUT2D eigenvalue weighted by Gasteiger charge is 2.73. The van der Waals surface area contributed by atoms with Crippen LogP contribution in [0.3, 0.4) is 0 Å². The summed E-state index contributed by atoms with van der Waals surface area (Å²) in [5, 5.41) is 0.0305. The van der Waals surface area contributed by atoms with Crippen LogP contribution in [0.5, 0.6) is 0 Å². The number of hydroxylamine groups is 2. The fourth-order valence-corrected chi connectivity index (χ4v) is 7.30. The van der Waals surface area contributed by atoms with E-state index in [9.17, 15) is 36.1 Å². The Morgan fingerprint density at radius 3 is 1.84 bits per heavy atom. The SMILES string of the molecule is O=C1C2C(=O)N(OS(=O)(=O)c3ccc(Br)cc3)C(=O)C2C2C[N+](=O)C(OS(=O)(=O)c3ccc(Br)cc3)C12. The van der Waals surface area contributed by atoms with Crippen molar-refractivity contribution >= 4 is 69.7 Å². The van der Waals surface area contributed by atoms with Gasteiger partial charge in [0.2, 0.25) is 0 Å². The summed E-state index contributed by atoms with van der Waals surface area (Å²) >= 11 is 6.33. The van der Waals surface area contributed by atoms with Crippen molar-refractivity contribution in [3.05, 3.63) is 62.4 Å². The van der Waals surface area contributed by atoms with Gasteiger partial charge in [-0.1, -0.05) is 31.9 Å². The zero-order valence-corrected chi connectivity index (χ0v) is 23.1. The van der Waals surface area contributed by atoms with E-state index >= 15 is 0 Å². The lowest BCUT2D eigenvalue weighted by molar-refractivity contribution is -0.603. The lowest BCUT2D eigenvalue weighted by Gasteiger charge is -2.17. The van der Waals surface area contributed by atoms with Crippen molar-refractivity contribution in [2.75, 3.05) is 6.54 Å². The number of hydrogen-bond acceptors (Lipinski definition) is 10. The summed E-state index contributed by atoms with van der Waals surface area (Å²) in [6, 6.07) is 10.6. The molecule has 2 aromatic carbocycles. The van der Waals surface area contributed by atoms with E-state index in [0.717, 1.165) is 0 Å². The molecule has 37 heavy (non-hydrogen) atoms. The number of amides is 2. The average molecular weight is 679 g/mol. The first-order valence-electron chi connectivity index (χ1n) is 10.6. The van der Waals surface area contributed by atoms with Crippen molar-refractivity contribution < 1.29 is 44.4 Å². The maximum Gasteiger partial charge on any atom is 0.329 e. The number of ketones is 1. The van der Waals surface area contributed by atoms with Gasteiger partial charge in [-0.25, -0.2) is 0 Å². The molecule has 1 aliphatic carbocycles. The Labute approximate surface area is 226 Å². The van der Waals surface area contributed by atoms with Crippen molar-refractivity contribution in [1.82, 2.24) is 5.06 Å². The van der Waals surface area contributed by atoms with Gasteiger partial charge in [-0.15, -0.1) is 9.35 Å². The van der Waals surface area contributed by atoms with Crippen LogP contribution in [0.1, 0.15) is 0 Å². The van der Waals surface area contributed by atoms with Gasteiger partial charge in [0.25, 0.3) is 11.8 Å². The first kappa shape index (κ1) is 26.2. The molecule has 5 unspecified atom stereocenters. The van der Waals surface area contributed by atoms with E-state index in [2.05, 4.69) is 31.9 Å². The molecular formula is C21H15Br2N2O10S2+. The van der Waals surface area contributed by atoms with E-state index in [0.29, 0.717) is 8.95 Å². The number of nitrogens with zero attached hydrogens (tertiary/aromatic N) is 2. The maximum absolute atomic E-state index is 13.2. The number of carbonyl (C=O) groups excluding carboxylic acids is 3. The third-order valence-electron chi connectivity index (χ3n) is 6.45. The molecule has 0 bridgehead atoms. The van der Waals surface area contributed by atoms with Crippen LogP contribution in [0, 0.1) is 28.6 Å². The van der Waals surface area contributed by atoms with Crippen molar-refractivity contribution in [1.29, 1.82) is 0 Å². The normalized spacial score (nSPS) is 27.6. The van der Waals surface area contributed by atoms with Crippen LogP contribution < -0.4 is 0 Å². The summed E-state index contributed by atoms with van der Waals surface area (Å²) < 4.78 is 62.0. The van der Waals surface area contributed by atoms with Crippen LogP contribution in [0.15, 0.2) is 67.3 Å². The molecule has 16 heteroatoms. The number of benzene rings is 2. The fraction of sp³-hybridized carbons (Fsp3) is 0.286. The van der Waals surface area contributed by atoms with Crippen LogP contribution in [-0.4, -0.2) is 57.0 Å². The molecule has 194 valence electrons. The van der Waals surface area contributed by atoms with Crippen LogP contribution in [0.4, 0.5) is 0 Å². The quantitative estimate of drug-likeness (QED) is 0.191. The van der Waals surface area contributed by atoms with Crippen LogP contribution >= 0.6 is 31.9 Å². The third kappa shape index (κ3) is 4.38. The van der Waals surface area contributed by atoms with Crippen molar-refractivity contribution in [3.63, 3.8) is 0 Å². The average Bonchev–Trinajstić information content (AvgIpc) is 3.38.